The summed E-state index contributed by atoms with van der Waals surface area (Å²) in [6.45, 7) is 1.64. The maximum absolute atomic E-state index is 12.0. The molecule has 2 heterocycles. The van der Waals surface area contributed by atoms with Gasteiger partial charge in [0.25, 0.3) is 0 Å². The zero-order valence-corrected chi connectivity index (χ0v) is 17.3. The van der Waals surface area contributed by atoms with Crippen LogP contribution in [0.4, 0.5) is 17.2 Å². The number of nitrogens with two attached hydrogens (primary N) is 1. The van der Waals surface area contributed by atoms with E-state index in [2.05, 4.69) is 20.8 Å². The van der Waals surface area contributed by atoms with Gasteiger partial charge in [0.15, 0.2) is 5.82 Å². The molecule has 8 heteroatoms. The lowest BCUT2D eigenvalue weighted by atomic mass is 10.1. The lowest BCUT2D eigenvalue weighted by Gasteiger charge is -2.12. The Morgan fingerprint density at radius 1 is 1.00 bits per heavy atom. The molecule has 0 radical (unpaired) electrons. The van der Waals surface area contributed by atoms with E-state index in [1.54, 1.807) is 13.1 Å². The van der Waals surface area contributed by atoms with E-state index < -0.39 is 6.04 Å². The monoisotopic (exact) mass is 423 g/mol. The molecule has 0 bridgehead atoms. The van der Waals surface area contributed by atoms with Crippen LogP contribution in [0.25, 0.3) is 33.2 Å². The molecule has 0 unspecified atom stereocenters. The van der Waals surface area contributed by atoms with Crippen molar-refractivity contribution in [3.8, 4) is 11.4 Å². The van der Waals surface area contributed by atoms with Gasteiger partial charge in [-0.1, -0.05) is 24.3 Å². The summed E-state index contributed by atoms with van der Waals surface area (Å²) in [6.07, 6.45) is 1.78. The molecule has 0 aliphatic carbocycles. The van der Waals surface area contributed by atoms with E-state index in [0.29, 0.717) is 17.3 Å². The number of fused-ring (bicyclic) bond motifs is 2. The van der Waals surface area contributed by atoms with Crippen molar-refractivity contribution in [1.29, 1.82) is 0 Å². The summed E-state index contributed by atoms with van der Waals surface area (Å²) in [5.41, 5.74) is 9.77. The molecule has 1 atom stereocenters. The highest BCUT2D eigenvalue weighted by molar-refractivity contribution is 5.95. The number of benzene rings is 3. The Labute approximate surface area is 183 Å². The van der Waals surface area contributed by atoms with E-state index in [0.717, 1.165) is 33.1 Å². The molecule has 32 heavy (non-hydrogen) atoms. The number of carbonyl (C=O) groups is 1. The fourth-order valence-corrected chi connectivity index (χ4v) is 3.45. The number of H-pyrrole nitrogens is 1. The van der Waals surface area contributed by atoms with Crippen molar-refractivity contribution in [2.24, 2.45) is 5.73 Å². The largest absolute Gasteiger partial charge is 0.340 e. The van der Waals surface area contributed by atoms with E-state index in [4.69, 9.17) is 15.7 Å². The number of nitrogens with one attached hydrogen (secondary N) is 3. The van der Waals surface area contributed by atoms with Crippen LogP contribution in [0.5, 0.6) is 0 Å². The average molecular weight is 423 g/mol. The van der Waals surface area contributed by atoms with Crippen LogP contribution in [0.1, 0.15) is 6.92 Å². The second-order valence-electron chi connectivity index (χ2n) is 7.57. The second-order valence-corrected chi connectivity index (χ2v) is 7.57. The van der Waals surface area contributed by atoms with Crippen molar-refractivity contribution in [3.05, 3.63) is 72.9 Å². The van der Waals surface area contributed by atoms with Gasteiger partial charge in [0.05, 0.1) is 23.3 Å². The Kier molecular flexibility index (Phi) is 4.97. The van der Waals surface area contributed by atoms with Gasteiger partial charge in [-0.3, -0.25) is 9.89 Å². The number of amides is 1. The molecule has 5 rings (SSSR count). The van der Waals surface area contributed by atoms with Gasteiger partial charge in [-0.15, -0.1) is 0 Å². The third-order valence-electron chi connectivity index (χ3n) is 5.11. The predicted molar refractivity (Wildman–Crippen MR) is 127 cm³/mol. The minimum Gasteiger partial charge on any atom is -0.340 e. The minimum absolute atomic E-state index is 0.251. The molecule has 8 nitrogen and oxygen atoms in total. The molecule has 0 fully saturated rings. The van der Waals surface area contributed by atoms with E-state index in [9.17, 15) is 4.79 Å². The van der Waals surface area contributed by atoms with Gasteiger partial charge in [-0.25, -0.2) is 9.97 Å². The van der Waals surface area contributed by atoms with Crippen LogP contribution in [0.2, 0.25) is 0 Å². The van der Waals surface area contributed by atoms with Crippen molar-refractivity contribution in [1.82, 2.24) is 20.2 Å². The number of anilines is 3. The van der Waals surface area contributed by atoms with Crippen molar-refractivity contribution < 1.29 is 4.79 Å². The quantitative estimate of drug-likeness (QED) is 0.336. The second kappa shape index (κ2) is 8.09. The zero-order valence-electron chi connectivity index (χ0n) is 17.3. The summed E-state index contributed by atoms with van der Waals surface area (Å²) in [5, 5.41) is 15.2. The Morgan fingerprint density at radius 2 is 1.88 bits per heavy atom. The number of carbonyl (C=O) groups excluding carboxylic acids is 1. The maximum Gasteiger partial charge on any atom is 0.240 e. The number of para-hydroxylation sites is 1. The molecule has 2 aromatic heterocycles. The van der Waals surface area contributed by atoms with Gasteiger partial charge >= 0.3 is 0 Å². The third kappa shape index (κ3) is 3.86. The Balaban J connectivity index is 1.55. The van der Waals surface area contributed by atoms with Crippen molar-refractivity contribution in [2.45, 2.75) is 13.0 Å². The van der Waals surface area contributed by atoms with E-state index in [-0.39, 0.29) is 5.91 Å². The van der Waals surface area contributed by atoms with E-state index in [1.807, 2.05) is 66.7 Å². The summed E-state index contributed by atoms with van der Waals surface area (Å²) in [4.78, 5) is 21.5. The SMILES string of the molecule is C[C@H](N)C(=O)Nc1cccc(-c2nc(Nc3ccc4[nH]ncc4c3)c3ccccc3n2)c1. The number of hydrogen-bond acceptors (Lipinski definition) is 6. The van der Waals surface area contributed by atoms with Crippen LogP contribution >= 0.6 is 0 Å². The molecule has 0 saturated carbocycles. The zero-order chi connectivity index (χ0) is 22.1. The van der Waals surface area contributed by atoms with E-state index in [1.165, 1.54) is 0 Å². The molecule has 158 valence electrons. The summed E-state index contributed by atoms with van der Waals surface area (Å²) >= 11 is 0. The topological polar surface area (TPSA) is 122 Å². The number of aromatic amines is 1. The Bertz CT molecular complexity index is 1440. The molecule has 5 aromatic rings. The number of nitrogens with zero attached hydrogens (tertiary/aromatic N) is 3. The first-order valence-corrected chi connectivity index (χ1v) is 10.2. The van der Waals surface area contributed by atoms with Gasteiger partial charge in [-0.05, 0) is 49.4 Å². The summed E-state index contributed by atoms with van der Waals surface area (Å²) < 4.78 is 0. The highest BCUT2D eigenvalue weighted by Gasteiger charge is 2.12. The highest BCUT2D eigenvalue weighted by Crippen LogP contribution is 2.29. The van der Waals surface area contributed by atoms with Gasteiger partial charge in [-0.2, -0.15) is 5.10 Å². The smallest absolute Gasteiger partial charge is 0.240 e. The number of rotatable bonds is 5. The van der Waals surface area contributed by atoms with Gasteiger partial charge in [0.2, 0.25) is 5.91 Å². The molecular weight excluding hydrogens is 402 g/mol. The predicted octanol–water partition coefficient (Wildman–Crippen LogP) is 4.20. The van der Waals surface area contributed by atoms with Crippen LogP contribution in [0, 0.1) is 0 Å². The summed E-state index contributed by atoms with van der Waals surface area (Å²) in [5.74, 6) is 0.990. The standard InChI is InChI=1S/C24H21N7O/c1-14(25)24(32)28-17-6-4-5-15(11-17)22-29-21-8-3-2-7-19(21)23(30-22)27-18-9-10-20-16(12-18)13-26-31-20/h2-14H,25H2,1H3,(H,26,31)(H,28,32)(H,27,29,30)/t14-/m0/s1. The van der Waals surface area contributed by atoms with Crippen LogP contribution in [0.15, 0.2) is 72.9 Å². The minimum atomic E-state index is -0.598. The van der Waals surface area contributed by atoms with Crippen LogP contribution in [-0.2, 0) is 4.79 Å². The molecule has 1 amide bonds. The third-order valence-corrected chi connectivity index (χ3v) is 5.11. The summed E-state index contributed by atoms with van der Waals surface area (Å²) in [6, 6.07) is 20.6. The molecule has 0 spiro atoms. The van der Waals surface area contributed by atoms with E-state index >= 15 is 0 Å². The number of hydrogen-bond donors (Lipinski definition) is 4. The molecule has 0 aliphatic rings. The molecular formula is C24H21N7O. The Hall–Kier alpha value is -4.30. The molecule has 0 aliphatic heterocycles. The van der Waals surface area contributed by atoms with Crippen molar-refractivity contribution in [2.75, 3.05) is 10.6 Å². The van der Waals surface area contributed by atoms with Crippen molar-refractivity contribution in [3.63, 3.8) is 0 Å². The van der Waals surface area contributed by atoms with Crippen molar-refractivity contribution >= 4 is 44.9 Å². The normalized spacial score (nSPS) is 12.1. The Morgan fingerprint density at radius 3 is 2.75 bits per heavy atom. The van der Waals surface area contributed by atoms with Gasteiger partial charge in [0.1, 0.15) is 5.82 Å². The molecule has 0 saturated heterocycles. The first-order chi connectivity index (χ1) is 15.6. The fraction of sp³-hybridized carbons (Fsp3) is 0.0833. The van der Waals surface area contributed by atoms with Gasteiger partial charge in [0, 0.05) is 27.7 Å². The fourth-order valence-electron chi connectivity index (χ4n) is 3.45. The number of aromatic nitrogens is 4. The average Bonchev–Trinajstić information content (AvgIpc) is 3.27. The summed E-state index contributed by atoms with van der Waals surface area (Å²) in [7, 11) is 0. The lowest BCUT2D eigenvalue weighted by molar-refractivity contribution is -0.117. The maximum atomic E-state index is 12.0. The molecule has 3 aromatic carbocycles. The van der Waals surface area contributed by atoms with Crippen LogP contribution < -0.4 is 16.4 Å². The van der Waals surface area contributed by atoms with Gasteiger partial charge < -0.3 is 16.4 Å². The van der Waals surface area contributed by atoms with Crippen LogP contribution in [-0.4, -0.2) is 32.1 Å². The first-order valence-electron chi connectivity index (χ1n) is 10.2. The first kappa shape index (κ1) is 19.7. The molecule has 5 N–H and O–H groups in total. The highest BCUT2D eigenvalue weighted by atomic mass is 16.2. The lowest BCUT2D eigenvalue weighted by Crippen LogP contribution is -2.32. The van der Waals surface area contributed by atoms with Crippen LogP contribution in [0.3, 0.4) is 0 Å².